The summed E-state index contributed by atoms with van der Waals surface area (Å²) in [7, 11) is 1.72. The lowest BCUT2D eigenvalue weighted by Crippen LogP contribution is -2.42. The first-order chi connectivity index (χ1) is 18.1. The van der Waals surface area contributed by atoms with Crippen LogP contribution in [0.25, 0.3) is 0 Å². The van der Waals surface area contributed by atoms with Crippen LogP contribution < -0.4 is 0 Å². The van der Waals surface area contributed by atoms with Crippen LogP contribution in [0.15, 0.2) is 23.0 Å². The van der Waals surface area contributed by atoms with E-state index < -0.39 is 24.3 Å². The largest absolute Gasteiger partial charge is 0.490 e. The fourth-order valence-corrected chi connectivity index (χ4v) is 4.40. The maximum Gasteiger partial charge on any atom is 0.490 e. The van der Waals surface area contributed by atoms with Crippen LogP contribution in [0.5, 0.6) is 0 Å². The number of alkyl halides is 6. The van der Waals surface area contributed by atoms with Crippen molar-refractivity contribution >= 4 is 17.9 Å². The van der Waals surface area contributed by atoms with Crippen LogP contribution in [0.4, 0.5) is 26.3 Å². The zero-order valence-electron chi connectivity index (χ0n) is 21.4. The number of nitrogens with zero attached hydrogens (tertiary/aromatic N) is 2. The summed E-state index contributed by atoms with van der Waals surface area (Å²) < 4.78 is 79.4. The van der Waals surface area contributed by atoms with Crippen LogP contribution >= 0.6 is 0 Å². The summed E-state index contributed by atoms with van der Waals surface area (Å²) in [5, 5.41) is 14.2. The molecule has 10 nitrogen and oxygen atoms in total. The maximum absolute atomic E-state index is 12.9. The Morgan fingerprint density at radius 2 is 1.64 bits per heavy atom. The molecule has 224 valence electrons. The summed E-state index contributed by atoms with van der Waals surface area (Å²) in [5.74, 6) is -5.22. The minimum Gasteiger partial charge on any atom is -0.475 e. The van der Waals surface area contributed by atoms with Gasteiger partial charge in [0.2, 0.25) is 0 Å². The summed E-state index contributed by atoms with van der Waals surface area (Å²) >= 11 is 0. The summed E-state index contributed by atoms with van der Waals surface area (Å²) in [4.78, 5) is 35.5. The fraction of sp³-hybridized carbons (Fsp3) is 0.696. The van der Waals surface area contributed by atoms with Crippen molar-refractivity contribution in [3.8, 4) is 0 Å². The minimum atomic E-state index is -5.08. The Hall–Kier alpha value is -2.85. The number of carbonyl (C=O) groups excluding carboxylic acids is 1. The molecule has 2 aliphatic heterocycles. The molecule has 0 aromatic carbocycles. The minimum absolute atomic E-state index is 0.00919. The normalized spacial score (nSPS) is 21.9. The summed E-state index contributed by atoms with van der Waals surface area (Å²) in [6, 6.07) is 2.02. The quantitative estimate of drug-likeness (QED) is 0.367. The number of ether oxygens (including phenoxy) is 2. The summed E-state index contributed by atoms with van der Waals surface area (Å²) in [6.45, 7) is 8.45. The highest BCUT2D eigenvalue weighted by atomic mass is 19.4. The van der Waals surface area contributed by atoms with Crippen molar-refractivity contribution < 1.29 is 64.8 Å². The number of halogens is 6. The Labute approximate surface area is 220 Å². The Bertz CT molecular complexity index is 885. The van der Waals surface area contributed by atoms with Gasteiger partial charge in [-0.3, -0.25) is 14.6 Å². The molecule has 2 atom stereocenters. The smallest absolute Gasteiger partial charge is 0.475 e. The number of likely N-dealkylation sites (tertiary alicyclic amines) is 2. The molecule has 0 radical (unpaired) electrons. The molecule has 2 fully saturated rings. The van der Waals surface area contributed by atoms with Crippen LogP contribution in [0.1, 0.15) is 25.3 Å². The molecule has 2 N–H and O–H groups in total. The molecular formula is C23H32F6N2O8. The molecule has 0 bridgehead atoms. The van der Waals surface area contributed by atoms with E-state index in [4.69, 9.17) is 33.7 Å². The second-order valence-electron chi connectivity index (χ2n) is 8.88. The van der Waals surface area contributed by atoms with Gasteiger partial charge in [-0.2, -0.15) is 26.3 Å². The molecule has 3 rings (SSSR count). The highest BCUT2D eigenvalue weighted by molar-refractivity contribution is 5.78. The lowest BCUT2D eigenvalue weighted by atomic mass is 9.75. The average Bonchev–Trinajstić information content (AvgIpc) is 3.42. The van der Waals surface area contributed by atoms with Gasteiger partial charge in [0, 0.05) is 51.3 Å². The first-order valence-electron chi connectivity index (χ1n) is 11.8. The molecule has 2 saturated heterocycles. The molecule has 1 aromatic rings. The van der Waals surface area contributed by atoms with Gasteiger partial charge in [-0.15, -0.1) is 0 Å². The highest BCUT2D eigenvalue weighted by Gasteiger charge is 2.53. The van der Waals surface area contributed by atoms with Gasteiger partial charge in [0.15, 0.2) is 0 Å². The van der Waals surface area contributed by atoms with E-state index in [9.17, 15) is 31.1 Å². The maximum atomic E-state index is 12.9. The van der Waals surface area contributed by atoms with E-state index in [1.807, 2.05) is 19.3 Å². The number of furan rings is 1. The van der Waals surface area contributed by atoms with Crippen molar-refractivity contribution in [2.75, 3.05) is 53.0 Å². The van der Waals surface area contributed by atoms with Gasteiger partial charge in [-0.1, -0.05) is 0 Å². The lowest BCUT2D eigenvalue weighted by molar-refractivity contribution is -0.193. The van der Waals surface area contributed by atoms with Gasteiger partial charge in [0.25, 0.3) is 0 Å². The van der Waals surface area contributed by atoms with Crippen LogP contribution in [-0.2, 0) is 30.4 Å². The van der Waals surface area contributed by atoms with Gasteiger partial charge in [0.1, 0.15) is 0 Å². The van der Waals surface area contributed by atoms with Crippen LogP contribution in [-0.4, -0.2) is 103 Å². The number of carboxylic acid groups (broad SMARTS) is 2. The van der Waals surface area contributed by atoms with E-state index in [2.05, 4.69) is 9.80 Å². The molecular weight excluding hydrogens is 546 g/mol. The third-order valence-electron chi connectivity index (χ3n) is 6.11. The Morgan fingerprint density at radius 3 is 2.10 bits per heavy atom. The Kier molecular flexibility index (Phi) is 13.2. The predicted molar refractivity (Wildman–Crippen MR) is 121 cm³/mol. The average molecular weight is 579 g/mol. The van der Waals surface area contributed by atoms with Crippen molar-refractivity contribution in [3.63, 3.8) is 0 Å². The second-order valence-corrected chi connectivity index (χ2v) is 8.88. The molecule has 0 spiro atoms. The van der Waals surface area contributed by atoms with Crippen molar-refractivity contribution in [1.82, 2.24) is 9.80 Å². The lowest BCUT2D eigenvalue weighted by Gasteiger charge is -2.31. The number of methoxy groups -OCH3 is 1. The third-order valence-corrected chi connectivity index (χ3v) is 6.11. The van der Waals surface area contributed by atoms with Crippen molar-refractivity contribution in [2.45, 2.75) is 38.7 Å². The molecule has 1 aromatic heterocycles. The highest BCUT2D eigenvalue weighted by Crippen LogP contribution is 2.43. The Morgan fingerprint density at radius 1 is 1.08 bits per heavy atom. The van der Waals surface area contributed by atoms with Crippen LogP contribution in [0.2, 0.25) is 0 Å². The number of hydrogen-bond acceptors (Lipinski definition) is 8. The van der Waals surface area contributed by atoms with Gasteiger partial charge in [0.05, 0.1) is 31.2 Å². The molecule has 0 aliphatic carbocycles. The van der Waals surface area contributed by atoms with Crippen molar-refractivity contribution in [3.05, 3.63) is 24.2 Å². The van der Waals surface area contributed by atoms with Crippen molar-refractivity contribution in [1.29, 1.82) is 0 Å². The molecule has 3 heterocycles. The SMILES string of the molecule is CCOC(=O)[C@]12CCCN(Cc3ccoc3)C[C@H]1CN(CCOC)C2.O=C(O)C(F)(F)F.O=C(O)C(F)(F)F. The number of fused-ring (bicyclic) bond motifs is 1. The fourth-order valence-electron chi connectivity index (χ4n) is 4.40. The number of rotatable bonds is 7. The van der Waals surface area contributed by atoms with Crippen LogP contribution in [0.3, 0.4) is 0 Å². The Balaban J connectivity index is 0.000000449. The zero-order chi connectivity index (χ0) is 29.9. The molecule has 2 aliphatic rings. The molecule has 16 heteroatoms. The number of carbonyl (C=O) groups is 3. The first-order valence-corrected chi connectivity index (χ1v) is 11.8. The van der Waals surface area contributed by atoms with Gasteiger partial charge in [-0.05, 0) is 32.4 Å². The molecule has 0 unspecified atom stereocenters. The van der Waals surface area contributed by atoms with Gasteiger partial charge in [-0.25, -0.2) is 9.59 Å². The van der Waals surface area contributed by atoms with Crippen LogP contribution in [0, 0.1) is 11.3 Å². The second kappa shape index (κ2) is 15.1. The molecule has 0 saturated carbocycles. The van der Waals surface area contributed by atoms with Crippen molar-refractivity contribution in [2.24, 2.45) is 11.3 Å². The van der Waals surface area contributed by atoms with Gasteiger partial charge >= 0.3 is 30.3 Å². The third kappa shape index (κ3) is 11.0. The standard InChI is InChI=1S/C19H30N2O4.2C2HF3O2/c1-3-25-18(22)19-6-4-7-20(11-16-5-9-24-14-16)12-17(19)13-21(15-19)8-10-23-2;2*3-2(4,5)1(6)7/h5,9,14,17H,3-4,6-8,10-13,15H2,1-2H3;2*(H,6,7)/t17-,19-;;/m0../s1. The van der Waals surface area contributed by atoms with Gasteiger partial charge < -0.3 is 24.1 Å². The first kappa shape index (κ1) is 34.2. The zero-order valence-corrected chi connectivity index (χ0v) is 21.4. The van der Waals surface area contributed by atoms with E-state index in [0.29, 0.717) is 19.1 Å². The monoisotopic (exact) mass is 578 g/mol. The summed E-state index contributed by atoms with van der Waals surface area (Å²) in [5.41, 5.74) is 0.826. The van der Waals surface area contributed by atoms with E-state index in [0.717, 1.165) is 52.1 Å². The molecule has 39 heavy (non-hydrogen) atoms. The summed E-state index contributed by atoms with van der Waals surface area (Å²) in [6.07, 6.45) is -4.71. The number of hydrogen-bond donors (Lipinski definition) is 2. The topological polar surface area (TPSA) is 130 Å². The number of carboxylic acids is 2. The van der Waals surface area contributed by atoms with E-state index in [-0.39, 0.29) is 11.4 Å². The van der Waals surface area contributed by atoms with E-state index in [1.165, 1.54) is 5.56 Å². The van der Waals surface area contributed by atoms with E-state index >= 15 is 0 Å². The van der Waals surface area contributed by atoms with E-state index in [1.54, 1.807) is 13.4 Å². The predicted octanol–water partition coefficient (Wildman–Crippen LogP) is 3.27. The molecule has 0 amide bonds. The number of esters is 1. The number of aliphatic carboxylic acids is 2.